The Morgan fingerprint density at radius 1 is 1.13 bits per heavy atom. The molecule has 7 nitrogen and oxygen atoms in total. The summed E-state index contributed by atoms with van der Waals surface area (Å²) in [5.41, 5.74) is 0.529. The van der Waals surface area contributed by atoms with Crippen LogP contribution in [-0.4, -0.2) is 48.5 Å². The number of benzene rings is 2. The average molecular weight is 466 g/mol. The van der Waals surface area contributed by atoms with Gasteiger partial charge in [0.15, 0.2) is 0 Å². The molecule has 2 aliphatic rings. The van der Waals surface area contributed by atoms with Crippen molar-refractivity contribution in [1.82, 2.24) is 4.90 Å². The number of cyclic esters (lactones) is 1. The third kappa shape index (κ3) is 4.31. The van der Waals surface area contributed by atoms with Gasteiger partial charge in [-0.1, -0.05) is 23.2 Å². The van der Waals surface area contributed by atoms with Crippen molar-refractivity contribution in [3.8, 4) is 0 Å². The maximum absolute atomic E-state index is 14.4. The van der Waals surface area contributed by atoms with Crippen molar-refractivity contribution < 1.29 is 23.5 Å². The Morgan fingerprint density at radius 2 is 1.94 bits per heavy atom. The second kappa shape index (κ2) is 8.72. The molecule has 4 rings (SSSR count). The van der Waals surface area contributed by atoms with Gasteiger partial charge in [-0.05, 0) is 49.2 Å². The van der Waals surface area contributed by atoms with Crippen LogP contribution in [0, 0.1) is 5.82 Å². The smallest absolute Gasteiger partial charge is 0.414 e. The lowest BCUT2D eigenvalue weighted by Gasteiger charge is -2.25. The maximum Gasteiger partial charge on any atom is 0.414 e. The van der Waals surface area contributed by atoms with Gasteiger partial charge in [0.2, 0.25) is 5.91 Å². The summed E-state index contributed by atoms with van der Waals surface area (Å²) >= 11 is 12.1. The molecule has 0 aromatic heterocycles. The summed E-state index contributed by atoms with van der Waals surface area (Å²) in [6.07, 6.45) is 0.509. The predicted octanol–water partition coefficient (Wildman–Crippen LogP) is 4.33. The fourth-order valence-corrected chi connectivity index (χ4v) is 4.09. The standard InChI is InChI=1S/C21H18Cl2FN3O4/c22-12-3-5-15(23)14(10-12)20(29)27-7-1-2-18(27)19(28)25-17-11-13(4-6-16(17)24)26-8-9-31-21(26)30/h3-6,10-11,18H,1-2,7-9H2,(H,25,28)/t18-/m1/s1. The number of hydrogen-bond acceptors (Lipinski definition) is 4. The highest BCUT2D eigenvalue weighted by Gasteiger charge is 2.36. The quantitative estimate of drug-likeness (QED) is 0.728. The van der Waals surface area contributed by atoms with E-state index in [2.05, 4.69) is 5.32 Å². The molecular formula is C21H18Cl2FN3O4. The Kier molecular flexibility index (Phi) is 6.02. The molecule has 2 aromatic carbocycles. The fourth-order valence-electron chi connectivity index (χ4n) is 3.72. The molecule has 0 radical (unpaired) electrons. The molecule has 2 aromatic rings. The molecule has 31 heavy (non-hydrogen) atoms. The van der Waals surface area contributed by atoms with Crippen LogP contribution in [0.4, 0.5) is 20.6 Å². The number of hydrogen-bond donors (Lipinski definition) is 1. The second-order valence-electron chi connectivity index (χ2n) is 7.20. The molecule has 3 amide bonds. The van der Waals surface area contributed by atoms with Crippen LogP contribution in [0.3, 0.4) is 0 Å². The van der Waals surface area contributed by atoms with Gasteiger partial charge in [-0.2, -0.15) is 0 Å². The number of anilines is 2. The molecular weight excluding hydrogens is 448 g/mol. The van der Waals surface area contributed by atoms with E-state index in [0.717, 1.165) is 0 Å². The first-order chi connectivity index (χ1) is 14.8. The molecule has 1 N–H and O–H groups in total. The lowest BCUT2D eigenvalue weighted by atomic mass is 10.1. The minimum atomic E-state index is -0.789. The van der Waals surface area contributed by atoms with Gasteiger partial charge >= 0.3 is 6.09 Å². The van der Waals surface area contributed by atoms with Gasteiger partial charge in [0.1, 0.15) is 18.5 Å². The van der Waals surface area contributed by atoms with E-state index in [4.69, 9.17) is 27.9 Å². The monoisotopic (exact) mass is 465 g/mol. The Morgan fingerprint density at radius 3 is 2.68 bits per heavy atom. The molecule has 2 heterocycles. The zero-order valence-corrected chi connectivity index (χ0v) is 17.8. The Hall–Kier alpha value is -2.84. The van der Waals surface area contributed by atoms with Crippen molar-refractivity contribution >= 4 is 52.5 Å². The topological polar surface area (TPSA) is 79.0 Å². The van der Waals surface area contributed by atoms with Crippen LogP contribution in [-0.2, 0) is 9.53 Å². The van der Waals surface area contributed by atoms with Gasteiger partial charge in [0.25, 0.3) is 5.91 Å². The zero-order chi connectivity index (χ0) is 22.1. The van der Waals surface area contributed by atoms with Crippen LogP contribution in [0.5, 0.6) is 0 Å². The normalized spacial score (nSPS) is 18.3. The molecule has 2 saturated heterocycles. The number of amides is 3. The highest BCUT2D eigenvalue weighted by molar-refractivity contribution is 6.35. The number of likely N-dealkylation sites (tertiary alicyclic amines) is 1. The Labute approximate surface area is 187 Å². The van der Waals surface area contributed by atoms with Crippen LogP contribution < -0.4 is 10.2 Å². The van der Waals surface area contributed by atoms with E-state index in [1.54, 1.807) is 6.07 Å². The number of carbonyl (C=O) groups excluding carboxylic acids is 3. The minimum Gasteiger partial charge on any atom is -0.447 e. The third-order valence-electron chi connectivity index (χ3n) is 5.26. The first-order valence-electron chi connectivity index (χ1n) is 9.66. The van der Waals surface area contributed by atoms with E-state index in [1.165, 1.54) is 40.1 Å². The summed E-state index contributed by atoms with van der Waals surface area (Å²) in [5.74, 6) is -1.60. The molecule has 162 valence electrons. The molecule has 2 aliphatic heterocycles. The van der Waals surface area contributed by atoms with Crippen LogP contribution in [0.2, 0.25) is 10.0 Å². The highest BCUT2D eigenvalue weighted by Crippen LogP contribution is 2.29. The third-order valence-corrected chi connectivity index (χ3v) is 5.82. The maximum atomic E-state index is 14.4. The van der Waals surface area contributed by atoms with Gasteiger partial charge in [0.05, 0.1) is 22.8 Å². The summed E-state index contributed by atoms with van der Waals surface area (Å²) in [6.45, 7) is 0.939. The molecule has 0 saturated carbocycles. The molecule has 10 heteroatoms. The number of nitrogens with one attached hydrogen (secondary N) is 1. The number of ether oxygens (including phenoxy) is 1. The van der Waals surface area contributed by atoms with Gasteiger partial charge in [-0.3, -0.25) is 14.5 Å². The van der Waals surface area contributed by atoms with Crippen LogP contribution in [0.25, 0.3) is 0 Å². The highest BCUT2D eigenvalue weighted by atomic mass is 35.5. The average Bonchev–Trinajstić information content (AvgIpc) is 3.40. The molecule has 1 atom stereocenters. The van der Waals surface area contributed by atoms with Crippen molar-refractivity contribution in [2.75, 3.05) is 29.9 Å². The summed E-state index contributed by atoms with van der Waals surface area (Å²) in [5, 5.41) is 3.13. The summed E-state index contributed by atoms with van der Waals surface area (Å²) in [6, 6.07) is 7.73. The van der Waals surface area contributed by atoms with E-state index in [0.29, 0.717) is 36.6 Å². The van der Waals surface area contributed by atoms with Crippen molar-refractivity contribution in [3.05, 3.63) is 57.8 Å². The SMILES string of the molecule is O=C(Nc1cc(N2CCOC2=O)ccc1F)[C@H]1CCCN1C(=O)c1cc(Cl)ccc1Cl. The van der Waals surface area contributed by atoms with E-state index in [1.807, 2.05) is 0 Å². The Balaban J connectivity index is 1.53. The van der Waals surface area contributed by atoms with Crippen LogP contribution in [0.15, 0.2) is 36.4 Å². The molecule has 0 bridgehead atoms. The molecule has 0 spiro atoms. The lowest BCUT2D eigenvalue weighted by Crippen LogP contribution is -2.43. The lowest BCUT2D eigenvalue weighted by molar-refractivity contribution is -0.119. The van der Waals surface area contributed by atoms with Crippen molar-refractivity contribution in [1.29, 1.82) is 0 Å². The van der Waals surface area contributed by atoms with E-state index in [-0.39, 0.29) is 22.9 Å². The molecule has 0 aliphatic carbocycles. The van der Waals surface area contributed by atoms with Crippen molar-refractivity contribution in [2.45, 2.75) is 18.9 Å². The first kappa shape index (κ1) is 21.4. The number of rotatable bonds is 4. The van der Waals surface area contributed by atoms with Crippen molar-refractivity contribution in [3.63, 3.8) is 0 Å². The van der Waals surface area contributed by atoms with Gasteiger partial charge in [-0.25, -0.2) is 9.18 Å². The summed E-state index contributed by atoms with van der Waals surface area (Å²) in [4.78, 5) is 40.4. The second-order valence-corrected chi connectivity index (χ2v) is 8.04. The first-order valence-corrected chi connectivity index (χ1v) is 10.4. The molecule has 0 unspecified atom stereocenters. The van der Waals surface area contributed by atoms with E-state index < -0.39 is 29.8 Å². The number of halogens is 3. The van der Waals surface area contributed by atoms with Crippen molar-refractivity contribution in [2.24, 2.45) is 0 Å². The summed E-state index contributed by atoms with van der Waals surface area (Å²) in [7, 11) is 0. The van der Waals surface area contributed by atoms with Gasteiger partial charge < -0.3 is 15.0 Å². The predicted molar refractivity (Wildman–Crippen MR) is 114 cm³/mol. The minimum absolute atomic E-state index is 0.0812. The number of carbonyl (C=O) groups is 3. The van der Waals surface area contributed by atoms with Crippen LogP contribution >= 0.6 is 23.2 Å². The largest absolute Gasteiger partial charge is 0.447 e. The number of nitrogens with zero attached hydrogens (tertiary/aromatic N) is 2. The fraction of sp³-hybridized carbons (Fsp3) is 0.286. The van der Waals surface area contributed by atoms with E-state index in [9.17, 15) is 18.8 Å². The van der Waals surface area contributed by atoms with E-state index >= 15 is 0 Å². The summed E-state index contributed by atoms with van der Waals surface area (Å²) < 4.78 is 19.3. The van der Waals surface area contributed by atoms with Gasteiger partial charge in [0, 0.05) is 17.3 Å². The van der Waals surface area contributed by atoms with Crippen LogP contribution in [0.1, 0.15) is 23.2 Å². The Bertz CT molecular complexity index is 1060. The van der Waals surface area contributed by atoms with Gasteiger partial charge in [-0.15, -0.1) is 0 Å². The zero-order valence-electron chi connectivity index (χ0n) is 16.2. The molecule has 2 fully saturated rings.